The molecule has 0 heterocycles. The molecule has 71 heavy (non-hydrogen) atoms. The Balaban J connectivity index is 1.30. The summed E-state index contributed by atoms with van der Waals surface area (Å²) in [6, 6.07) is 46.3. The summed E-state index contributed by atoms with van der Waals surface area (Å²) in [5.41, 5.74) is 30.2. The molecule has 0 amide bonds. The maximum atomic E-state index is 3.90. The van der Waals surface area contributed by atoms with Crippen molar-refractivity contribution in [2.24, 2.45) is 0 Å². The Labute approximate surface area is 429 Å². The predicted molar refractivity (Wildman–Crippen MR) is 310 cm³/mol. The van der Waals surface area contributed by atoms with Gasteiger partial charge in [0.05, 0.1) is 22.7 Å². The fraction of sp³-hybridized carbons (Fsp3) is 0.394. The molecule has 3 N–H and O–H groups in total. The zero-order valence-electron chi connectivity index (χ0n) is 45.4. The topological polar surface area (TPSA) is 42.6 Å². The molecule has 5 heteroatoms. The number of hydrogen-bond acceptors (Lipinski definition) is 5. The summed E-state index contributed by atoms with van der Waals surface area (Å²) >= 11 is 0. The van der Waals surface area contributed by atoms with Crippen molar-refractivity contribution in [2.45, 2.75) is 159 Å². The Hall–Kier alpha value is -5.88. The molecular weight excluding hydrogens is 863 g/mol. The molecule has 5 nitrogen and oxygen atoms in total. The Morgan fingerprint density at radius 3 is 1.20 bits per heavy atom. The van der Waals surface area contributed by atoms with Crippen LogP contribution < -0.4 is 26.2 Å². The van der Waals surface area contributed by atoms with E-state index in [4.69, 9.17) is 0 Å². The Morgan fingerprint density at radius 1 is 0.394 bits per heavy atom. The van der Waals surface area contributed by atoms with E-state index in [0.717, 1.165) is 43.0 Å². The molecule has 0 aromatic heterocycles. The van der Waals surface area contributed by atoms with E-state index in [1.165, 1.54) is 159 Å². The number of hydrogen-bond donors (Lipinski definition) is 3. The lowest BCUT2D eigenvalue weighted by Crippen LogP contribution is -2.35. The molecule has 0 atom stereocenters. The van der Waals surface area contributed by atoms with Crippen LogP contribution in [0.2, 0.25) is 0 Å². The van der Waals surface area contributed by atoms with Crippen LogP contribution in [0.4, 0.5) is 34.1 Å². The monoisotopic (exact) mass is 948 g/mol. The molecule has 0 unspecified atom stereocenters. The number of fused-ring (bicyclic) bond motifs is 1. The van der Waals surface area contributed by atoms with Gasteiger partial charge in [-0.2, -0.15) is 0 Å². The number of nitrogens with one attached hydrogen (secondary N) is 3. The van der Waals surface area contributed by atoms with E-state index in [2.05, 4.69) is 224 Å². The number of rotatable bonds is 25. The van der Waals surface area contributed by atoms with Gasteiger partial charge in [0.25, 0.3) is 0 Å². The number of anilines is 6. The molecule has 7 aromatic carbocycles. The molecule has 0 fully saturated rings. The molecule has 0 aliphatic rings. The van der Waals surface area contributed by atoms with Crippen LogP contribution in [0.1, 0.15) is 164 Å². The van der Waals surface area contributed by atoms with Crippen LogP contribution in [-0.2, 0) is 0 Å². The minimum absolute atomic E-state index is 0.0281. The number of unbranched alkanes of at least 4 members (excludes halogenated alkanes) is 10. The lowest BCUT2D eigenvalue weighted by atomic mass is 9.82. The summed E-state index contributed by atoms with van der Waals surface area (Å²) in [5.74, 6) is -0.0281. The lowest BCUT2D eigenvalue weighted by molar-refractivity contribution is 0.575. The first-order chi connectivity index (χ1) is 34.4. The zero-order valence-corrected chi connectivity index (χ0v) is 45.4. The van der Waals surface area contributed by atoms with Crippen molar-refractivity contribution in [1.82, 2.24) is 10.9 Å². The van der Waals surface area contributed by atoms with Crippen LogP contribution >= 0.6 is 0 Å². The van der Waals surface area contributed by atoms with E-state index in [9.17, 15) is 0 Å². The van der Waals surface area contributed by atoms with Gasteiger partial charge in [0.15, 0.2) is 0 Å². The third-order valence-corrected chi connectivity index (χ3v) is 14.5. The van der Waals surface area contributed by atoms with Crippen LogP contribution in [0.3, 0.4) is 0 Å². The van der Waals surface area contributed by atoms with Gasteiger partial charge in [-0.05, 0) is 161 Å². The molecule has 0 aliphatic heterocycles. The average Bonchev–Trinajstić information content (AvgIpc) is 3.33. The van der Waals surface area contributed by atoms with E-state index in [1.807, 2.05) is 0 Å². The fourth-order valence-corrected chi connectivity index (χ4v) is 11.2. The summed E-state index contributed by atoms with van der Waals surface area (Å²) in [4.78, 5) is 0. The van der Waals surface area contributed by atoms with E-state index >= 15 is 0 Å². The van der Waals surface area contributed by atoms with Gasteiger partial charge in [0.1, 0.15) is 0 Å². The van der Waals surface area contributed by atoms with Gasteiger partial charge in [-0.3, -0.25) is 10.0 Å². The lowest BCUT2D eigenvalue weighted by Gasteiger charge is -2.31. The van der Waals surface area contributed by atoms with Crippen molar-refractivity contribution in [3.63, 3.8) is 0 Å². The van der Waals surface area contributed by atoms with E-state index in [0.29, 0.717) is 0 Å². The summed E-state index contributed by atoms with van der Waals surface area (Å²) in [6.07, 6.45) is 15.2. The maximum Gasteiger partial charge on any atom is 0.0636 e. The third kappa shape index (κ3) is 13.4. The minimum Gasteiger partial charge on any atom is -0.355 e. The van der Waals surface area contributed by atoms with E-state index in [-0.39, 0.29) is 5.92 Å². The van der Waals surface area contributed by atoms with Crippen LogP contribution in [-0.4, -0.2) is 13.1 Å². The highest BCUT2D eigenvalue weighted by Crippen LogP contribution is 2.42. The molecule has 374 valence electrons. The molecule has 0 bridgehead atoms. The standard InChI is InChI=1S/C66H85N5/c1-12-14-16-18-20-24-38-67-70(65-51(8)42-47(4)43-52(65)9)57-32-28-55(29-33-57)63(61-36-37-62(60-27-23-22-26-59(60)61)69-64-49(6)40-46(3)41-50(64)7)56-30-34-58(35-31-56)71(68-39-25-21-19-17-15-13-2)66-53(10)44-48(5)45-54(66)11/h22-23,26-37,40-45,63,67-69H,12-21,24-25,38-39H2,1-11H3. The smallest absolute Gasteiger partial charge is 0.0636 e. The molecule has 0 saturated heterocycles. The van der Waals surface area contributed by atoms with Crippen molar-refractivity contribution in [2.75, 3.05) is 28.4 Å². The Morgan fingerprint density at radius 2 is 0.775 bits per heavy atom. The predicted octanol–water partition coefficient (Wildman–Crippen LogP) is 18.5. The van der Waals surface area contributed by atoms with Crippen LogP contribution in [0, 0.1) is 62.3 Å². The molecule has 0 spiro atoms. The van der Waals surface area contributed by atoms with Crippen LogP contribution in [0.15, 0.2) is 121 Å². The highest BCUT2D eigenvalue weighted by atomic mass is 15.5. The molecule has 7 rings (SSSR count). The van der Waals surface area contributed by atoms with Crippen molar-refractivity contribution in [3.05, 3.63) is 188 Å². The molecular formula is C66H85N5. The average molecular weight is 948 g/mol. The van der Waals surface area contributed by atoms with Crippen LogP contribution in [0.5, 0.6) is 0 Å². The molecule has 0 radical (unpaired) electrons. The first kappa shape index (κ1) is 52.9. The van der Waals surface area contributed by atoms with Gasteiger partial charge in [-0.1, -0.05) is 186 Å². The number of benzene rings is 7. The van der Waals surface area contributed by atoms with E-state index < -0.39 is 0 Å². The largest absolute Gasteiger partial charge is 0.355 e. The van der Waals surface area contributed by atoms with Gasteiger partial charge in [0.2, 0.25) is 0 Å². The Bertz CT molecular complexity index is 2630. The van der Waals surface area contributed by atoms with Gasteiger partial charge in [-0.25, -0.2) is 10.9 Å². The Kier molecular flexibility index (Phi) is 19.0. The molecule has 7 aromatic rings. The minimum atomic E-state index is -0.0281. The summed E-state index contributed by atoms with van der Waals surface area (Å²) in [5, 5.41) is 11.1. The molecule has 0 saturated carbocycles. The quantitative estimate of drug-likeness (QED) is 0.0303. The van der Waals surface area contributed by atoms with Crippen molar-refractivity contribution in [3.8, 4) is 0 Å². The van der Waals surface area contributed by atoms with Gasteiger partial charge < -0.3 is 5.32 Å². The summed E-state index contributed by atoms with van der Waals surface area (Å²) < 4.78 is 0. The van der Waals surface area contributed by atoms with Gasteiger partial charge in [0, 0.05) is 35.8 Å². The summed E-state index contributed by atoms with van der Waals surface area (Å²) in [7, 11) is 0. The second-order valence-corrected chi connectivity index (χ2v) is 20.8. The first-order valence-corrected chi connectivity index (χ1v) is 27.2. The van der Waals surface area contributed by atoms with E-state index in [1.54, 1.807) is 0 Å². The number of aryl methyl sites for hydroxylation is 9. The van der Waals surface area contributed by atoms with Crippen LogP contribution in [0.25, 0.3) is 10.8 Å². The van der Waals surface area contributed by atoms with Gasteiger partial charge >= 0.3 is 0 Å². The SMILES string of the molecule is CCCCCCCCNN(c1ccc(C(c2ccc(N(NCCCCCCCC)c3c(C)cc(C)cc3C)cc2)c2ccc(Nc3c(C)cc(C)cc3C)c3ccccc23)cc1)c1c(C)cc(C)cc1C. The second kappa shape index (κ2) is 25.5. The zero-order chi connectivity index (χ0) is 50.4. The highest BCUT2D eigenvalue weighted by molar-refractivity contribution is 5.98. The summed E-state index contributed by atoms with van der Waals surface area (Å²) in [6.45, 7) is 26.4. The highest BCUT2D eigenvalue weighted by Gasteiger charge is 2.24. The number of hydrazine groups is 2. The maximum absolute atomic E-state index is 3.90. The van der Waals surface area contributed by atoms with Gasteiger partial charge in [-0.15, -0.1) is 0 Å². The normalized spacial score (nSPS) is 11.5. The third-order valence-electron chi connectivity index (χ3n) is 14.5. The number of nitrogens with zero attached hydrogens (tertiary/aromatic N) is 2. The second-order valence-electron chi connectivity index (χ2n) is 20.8. The van der Waals surface area contributed by atoms with Crippen molar-refractivity contribution in [1.29, 1.82) is 0 Å². The van der Waals surface area contributed by atoms with Crippen molar-refractivity contribution >= 4 is 44.9 Å². The first-order valence-electron chi connectivity index (χ1n) is 27.2. The molecule has 0 aliphatic carbocycles. The van der Waals surface area contributed by atoms with Crippen molar-refractivity contribution < 1.29 is 0 Å². The fourth-order valence-electron chi connectivity index (χ4n) is 11.2.